The van der Waals surface area contributed by atoms with Crippen LogP contribution in [0.4, 0.5) is 5.69 Å². The van der Waals surface area contributed by atoms with Gasteiger partial charge in [-0.05, 0) is 61.7 Å². The molecule has 0 saturated carbocycles. The molecule has 0 aliphatic carbocycles. The molecule has 0 radical (unpaired) electrons. The highest BCUT2D eigenvalue weighted by Crippen LogP contribution is 2.39. The van der Waals surface area contributed by atoms with Gasteiger partial charge in [-0.1, -0.05) is 23.4 Å². The van der Waals surface area contributed by atoms with Crippen molar-refractivity contribution in [1.29, 1.82) is 0 Å². The fourth-order valence-corrected chi connectivity index (χ4v) is 4.75. The topological polar surface area (TPSA) is 73.5 Å². The van der Waals surface area contributed by atoms with Crippen LogP contribution in [0.25, 0.3) is 33.3 Å². The van der Waals surface area contributed by atoms with E-state index in [1.54, 1.807) is 0 Å². The largest absolute Gasteiger partial charge is 0.378 e. The van der Waals surface area contributed by atoms with E-state index in [2.05, 4.69) is 81.3 Å². The Bertz CT molecular complexity index is 1460. The molecule has 2 aromatic carbocycles. The zero-order valence-corrected chi connectivity index (χ0v) is 18.7. The first kappa shape index (κ1) is 19.7. The molecule has 1 unspecified atom stereocenters. The van der Waals surface area contributed by atoms with Crippen LogP contribution >= 0.6 is 0 Å². The van der Waals surface area contributed by atoms with Crippen molar-refractivity contribution in [3.05, 3.63) is 78.4 Å². The van der Waals surface area contributed by atoms with E-state index in [1.165, 1.54) is 16.7 Å². The summed E-state index contributed by atoms with van der Waals surface area (Å²) in [6.07, 6.45) is 6.79. The number of pyridine rings is 1. The standard InChI is InChI=1S/C26H25N7/c1-3-32-16-20(15-28-32)18-6-8-22-23(14-18)25(10-12-33-26(22)17(2)30-31-33)29-21-7-9-24-19(13-21)5-4-11-27-24/h4-9,11,13-16,25,29H,3,10,12H2,1-2H3. The zero-order chi connectivity index (χ0) is 22.4. The van der Waals surface area contributed by atoms with Crippen LogP contribution < -0.4 is 5.32 Å². The van der Waals surface area contributed by atoms with Crippen molar-refractivity contribution in [2.24, 2.45) is 0 Å². The fourth-order valence-electron chi connectivity index (χ4n) is 4.75. The van der Waals surface area contributed by atoms with E-state index >= 15 is 0 Å². The van der Waals surface area contributed by atoms with Gasteiger partial charge in [-0.3, -0.25) is 9.67 Å². The summed E-state index contributed by atoms with van der Waals surface area (Å²) >= 11 is 0. The van der Waals surface area contributed by atoms with Gasteiger partial charge >= 0.3 is 0 Å². The highest BCUT2D eigenvalue weighted by atomic mass is 15.4. The smallest absolute Gasteiger partial charge is 0.0918 e. The van der Waals surface area contributed by atoms with E-state index in [0.29, 0.717) is 0 Å². The van der Waals surface area contributed by atoms with Crippen molar-refractivity contribution in [1.82, 2.24) is 29.8 Å². The number of aryl methyl sites for hydroxylation is 3. The molecule has 0 spiro atoms. The van der Waals surface area contributed by atoms with Gasteiger partial charge in [0.25, 0.3) is 0 Å². The van der Waals surface area contributed by atoms with Gasteiger partial charge in [0.1, 0.15) is 0 Å². The molecule has 33 heavy (non-hydrogen) atoms. The third kappa shape index (κ3) is 3.46. The second-order valence-electron chi connectivity index (χ2n) is 8.53. The van der Waals surface area contributed by atoms with Crippen LogP contribution in [-0.4, -0.2) is 29.8 Å². The molecular formula is C26H25N7. The zero-order valence-electron chi connectivity index (χ0n) is 18.7. The van der Waals surface area contributed by atoms with Crippen LogP contribution in [0.3, 0.4) is 0 Å². The number of rotatable bonds is 4. The minimum atomic E-state index is 0.136. The van der Waals surface area contributed by atoms with Crippen molar-refractivity contribution in [3.8, 4) is 22.4 Å². The van der Waals surface area contributed by atoms with Crippen molar-refractivity contribution < 1.29 is 0 Å². The normalized spacial score (nSPS) is 15.2. The van der Waals surface area contributed by atoms with E-state index in [1.807, 2.05) is 34.7 Å². The van der Waals surface area contributed by atoms with Crippen LogP contribution in [0, 0.1) is 6.92 Å². The van der Waals surface area contributed by atoms with Gasteiger partial charge in [0, 0.05) is 47.7 Å². The molecule has 0 amide bonds. The van der Waals surface area contributed by atoms with Gasteiger partial charge in [-0.15, -0.1) is 5.10 Å². The summed E-state index contributed by atoms with van der Waals surface area (Å²) in [7, 11) is 0. The summed E-state index contributed by atoms with van der Waals surface area (Å²) in [5, 5.41) is 18.2. The second-order valence-corrected chi connectivity index (χ2v) is 8.53. The average Bonchev–Trinajstić information content (AvgIpc) is 3.44. The maximum absolute atomic E-state index is 4.47. The SMILES string of the molecule is CCn1cc(-c2ccc3c(c2)C(Nc2ccc4ncccc4c2)CCn2nnc(C)c2-3)cn1. The minimum Gasteiger partial charge on any atom is -0.378 e. The summed E-state index contributed by atoms with van der Waals surface area (Å²) in [6, 6.07) is 17.3. The van der Waals surface area contributed by atoms with Crippen molar-refractivity contribution in [2.75, 3.05) is 5.32 Å². The van der Waals surface area contributed by atoms with Gasteiger partial charge in [0.05, 0.1) is 29.1 Å². The van der Waals surface area contributed by atoms with Crippen molar-refractivity contribution in [2.45, 2.75) is 39.4 Å². The molecular weight excluding hydrogens is 410 g/mol. The van der Waals surface area contributed by atoms with Crippen LogP contribution in [0.15, 0.2) is 67.1 Å². The number of nitrogens with one attached hydrogen (secondary N) is 1. The molecule has 7 heteroatoms. The number of aromatic nitrogens is 6. The highest BCUT2D eigenvalue weighted by Gasteiger charge is 2.26. The Balaban J connectivity index is 1.45. The van der Waals surface area contributed by atoms with Gasteiger partial charge < -0.3 is 5.32 Å². The lowest BCUT2D eigenvalue weighted by molar-refractivity contribution is 0.539. The van der Waals surface area contributed by atoms with E-state index in [0.717, 1.165) is 53.1 Å². The summed E-state index contributed by atoms with van der Waals surface area (Å²) < 4.78 is 4.00. The lowest BCUT2D eigenvalue weighted by atomic mass is 9.93. The molecule has 3 aromatic heterocycles. The molecule has 1 atom stereocenters. The van der Waals surface area contributed by atoms with E-state index in [4.69, 9.17) is 0 Å². The predicted octanol–water partition coefficient (Wildman–Crippen LogP) is 5.24. The van der Waals surface area contributed by atoms with E-state index in [-0.39, 0.29) is 6.04 Å². The molecule has 4 heterocycles. The quantitative estimate of drug-likeness (QED) is 0.418. The molecule has 7 nitrogen and oxygen atoms in total. The van der Waals surface area contributed by atoms with Crippen LogP contribution in [0.1, 0.15) is 30.6 Å². The number of anilines is 1. The van der Waals surface area contributed by atoms with Crippen LogP contribution in [0.2, 0.25) is 0 Å². The van der Waals surface area contributed by atoms with E-state index in [9.17, 15) is 0 Å². The Morgan fingerprint density at radius 2 is 2.03 bits per heavy atom. The van der Waals surface area contributed by atoms with Gasteiger partial charge in [-0.25, -0.2) is 4.68 Å². The molecule has 164 valence electrons. The van der Waals surface area contributed by atoms with E-state index < -0.39 is 0 Å². The Labute approximate surface area is 192 Å². The molecule has 1 aliphatic rings. The Morgan fingerprint density at radius 1 is 1.09 bits per heavy atom. The molecule has 1 N–H and O–H groups in total. The third-order valence-corrected chi connectivity index (χ3v) is 6.45. The fraction of sp³-hybridized carbons (Fsp3) is 0.231. The Kier molecular flexibility index (Phi) is 4.68. The lowest BCUT2D eigenvalue weighted by Gasteiger charge is -2.21. The Morgan fingerprint density at radius 3 is 2.91 bits per heavy atom. The van der Waals surface area contributed by atoms with Crippen LogP contribution in [-0.2, 0) is 13.1 Å². The molecule has 0 saturated heterocycles. The minimum absolute atomic E-state index is 0.136. The molecule has 0 fully saturated rings. The summed E-state index contributed by atoms with van der Waals surface area (Å²) in [5.74, 6) is 0. The Hall–Kier alpha value is -4.00. The summed E-state index contributed by atoms with van der Waals surface area (Å²) in [4.78, 5) is 4.45. The number of nitrogens with zero attached hydrogens (tertiary/aromatic N) is 6. The third-order valence-electron chi connectivity index (χ3n) is 6.45. The van der Waals surface area contributed by atoms with Gasteiger partial charge in [-0.2, -0.15) is 5.10 Å². The monoisotopic (exact) mass is 435 g/mol. The number of hydrogen-bond donors (Lipinski definition) is 1. The van der Waals surface area contributed by atoms with Crippen molar-refractivity contribution >= 4 is 16.6 Å². The first-order chi connectivity index (χ1) is 16.2. The van der Waals surface area contributed by atoms with Crippen LogP contribution in [0.5, 0.6) is 0 Å². The summed E-state index contributed by atoms with van der Waals surface area (Å²) in [6.45, 7) is 5.80. The number of hydrogen-bond acceptors (Lipinski definition) is 5. The molecule has 6 rings (SSSR count). The number of benzene rings is 2. The molecule has 5 aromatic rings. The summed E-state index contributed by atoms with van der Waals surface area (Å²) in [5.41, 5.74) is 8.89. The first-order valence-corrected chi connectivity index (χ1v) is 11.4. The number of fused-ring (bicyclic) bond motifs is 4. The maximum atomic E-state index is 4.47. The first-order valence-electron chi connectivity index (χ1n) is 11.4. The molecule has 0 bridgehead atoms. The maximum Gasteiger partial charge on any atom is 0.0918 e. The average molecular weight is 436 g/mol. The van der Waals surface area contributed by atoms with Gasteiger partial charge in [0.15, 0.2) is 0 Å². The van der Waals surface area contributed by atoms with Crippen molar-refractivity contribution in [3.63, 3.8) is 0 Å². The highest BCUT2D eigenvalue weighted by molar-refractivity contribution is 5.82. The second kappa shape index (κ2) is 7.85. The molecule has 1 aliphatic heterocycles. The van der Waals surface area contributed by atoms with Gasteiger partial charge in [0.2, 0.25) is 0 Å². The lowest BCUT2D eigenvalue weighted by Crippen LogP contribution is -2.12. The predicted molar refractivity (Wildman–Crippen MR) is 130 cm³/mol.